The predicted molar refractivity (Wildman–Crippen MR) is 104 cm³/mol. The average Bonchev–Trinajstić information content (AvgIpc) is 2.48. The number of aromatic nitrogens is 2. The number of carbonyl (C=O) groups excluding carboxylic acids is 1. The van der Waals surface area contributed by atoms with Crippen LogP contribution in [0.15, 0.2) is 23.1 Å². The van der Waals surface area contributed by atoms with Crippen LogP contribution >= 0.6 is 0 Å². The van der Waals surface area contributed by atoms with E-state index in [0.717, 1.165) is 4.40 Å². The summed E-state index contributed by atoms with van der Waals surface area (Å²) in [6, 6.07) is 2.58. The molecule has 2 heterocycles. The van der Waals surface area contributed by atoms with Gasteiger partial charge in [0.25, 0.3) is 5.56 Å². The summed E-state index contributed by atoms with van der Waals surface area (Å²) in [5, 5.41) is 5.60. The van der Waals surface area contributed by atoms with Gasteiger partial charge in [-0.2, -0.15) is 8.78 Å². The number of anilines is 2. The molecule has 2 N–H and O–H groups in total. The highest BCUT2D eigenvalue weighted by atomic mass is 19.3. The molecule has 0 aliphatic carbocycles. The molecule has 0 spiro atoms. The van der Waals surface area contributed by atoms with Gasteiger partial charge < -0.3 is 15.4 Å². The Kier molecular flexibility index (Phi) is 5.96. The molecule has 28 heavy (non-hydrogen) atoms. The van der Waals surface area contributed by atoms with E-state index < -0.39 is 11.7 Å². The number of rotatable bonds is 6. The molecule has 0 bridgehead atoms. The van der Waals surface area contributed by atoms with Gasteiger partial charge in [-0.15, -0.1) is 0 Å². The number of amides is 1. The Morgan fingerprint density at radius 3 is 2.46 bits per heavy atom. The molecule has 0 saturated carbocycles. The maximum absolute atomic E-state index is 13.3. The van der Waals surface area contributed by atoms with Gasteiger partial charge in [-0.1, -0.05) is 20.8 Å². The number of nitrogens with zero attached hydrogens (tertiary/aromatic N) is 2. The summed E-state index contributed by atoms with van der Waals surface area (Å²) in [6.45, 7) is 9.96. The fourth-order valence-corrected chi connectivity index (χ4v) is 2.57. The SMILES string of the molecule is CC(C)Nc1nc2c(OC(C)(F)F)cccn2c(=O)c1NC(=O)CC(C)(C)C. The average molecular weight is 396 g/mol. The standard InChI is InChI=1S/C19H26F2N4O3/c1-11(2)22-15-14(23-13(26)10-18(3,4)5)17(27)25-9-7-8-12(16(25)24-15)28-19(6,20)21/h7-9,11,22H,10H2,1-6H3,(H,23,26). The van der Waals surface area contributed by atoms with E-state index in [1.54, 1.807) is 0 Å². The second kappa shape index (κ2) is 7.73. The molecule has 0 radical (unpaired) electrons. The van der Waals surface area contributed by atoms with E-state index in [-0.39, 0.29) is 46.7 Å². The number of ether oxygens (including phenoxy) is 1. The van der Waals surface area contributed by atoms with E-state index in [9.17, 15) is 18.4 Å². The van der Waals surface area contributed by atoms with Crippen molar-refractivity contribution in [2.45, 2.75) is 60.1 Å². The van der Waals surface area contributed by atoms with Crippen molar-refractivity contribution >= 4 is 23.1 Å². The van der Waals surface area contributed by atoms with E-state index in [0.29, 0.717) is 6.92 Å². The molecule has 0 fully saturated rings. The minimum Gasteiger partial charge on any atom is -0.429 e. The smallest absolute Gasteiger partial charge is 0.395 e. The fraction of sp³-hybridized carbons (Fsp3) is 0.526. The molecule has 0 aliphatic rings. The second-order valence-electron chi connectivity index (χ2n) is 8.20. The van der Waals surface area contributed by atoms with E-state index in [1.807, 2.05) is 34.6 Å². The van der Waals surface area contributed by atoms with Gasteiger partial charge in [0.2, 0.25) is 5.91 Å². The Labute approximate surface area is 162 Å². The molecule has 9 heteroatoms. The lowest BCUT2D eigenvalue weighted by atomic mass is 9.92. The number of fused-ring (bicyclic) bond motifs is 1. The Morgan fingerprint density at radius 1 is 1.29 bits per heavy atom. The highest BCUT2D eigenvalue weighted by Gasteiger charge is 2.26. The van der Waals surface area contributed by atoms with Crippen LogP contribution in [0.3, 0.4) is 0 Å². The molecule has 0 unspecified atom stereocenters. The normalized spacial score (nSPS) is 12.3. The highest BCUT2D eigenvalue weighted by molar-refractivity contribution is 5.94. The van der Waals surface area contributed by atoms with E-state index in [1.165, 1.54) is 18.3 Å². The van der Waals surface area contributed by atoms with E-state index >= 15 is 0 Å². The number of hydrogen-bond acceptors (Lipinski definition) is 5. The van der Waals surface area contributed by atoms with Gasteiger partial charge in [-0.3, -0.25) is 14.0 Å². The van der Waals surface area contributed by atoms with Crippen LogP contribution in [0.5, 0.6) is 5.75 Å². The van der Waals surface area contributed by atoms with Gasteiger partial charge >= 0.3 is 6.11 Å². The first-order valence-electron chi connectivity index (χ1n) is 8.95. The minimum atomic E-state index is -3.44. The molecule has 7 nitrogen and oxygen atoms in total. The first-order valence-corrected chi connectivity index (χ1v) is 8.95. The third-order valence-electron chi connectivity index (χ3n) is 3.49. The highest BCUT2D eigenvalue weighted by Crippen LogP contribution is 2.27. The molecule has 154 valence electrons. The van der Waals surface area contributed by atoms with Crippen molar-refractivity contribution in [3.05, 3.63) is 28.7 Å². The maximum Gasteiger partial charge on any atom is 0.395 e. The lowest BCUT2D eigenvalue weighted by molar-refractivity contribution is -0.158. The molecule has 2 aromatic rings. The van der Waals surface area contributed by atoms with Crippen molar-refractivity contribution < 1.29 is 18.3 Å². The third-order valence-corrected chi connectivity index (χ3v) is 3.49. The quantitative estimate of drug-likeness (QED) is 0.774. The van der Waals surface area contributed by atoms with Crippen LogP contribution in [0, 0.1) is 5.41 Å². The Balaban J connectivity index is 2.61. The predicted octanol–water partition coefficient (Wildman–Crippen LogP) is 3.88. The number of alkyl halides is 2. The van der Waals surface area contributed by atoms with Crippen molar-refractivity contribution in [3.63, 3.8) is 0 Å². The monoisotopic (exact) mass is 396 g/mol. The Hall–Kier alpha value is -2.71. The number of halogens is 2. The Bertz CT molecular complexity index is 928. The number of carbonyl (C=O) groups is 1. The summed E-state index contributed by atoms with van der Waals surface area (Å²) in [7, 11) is 0. The summed E-state index contributed by atoms with van der Waals surface area (Å²) in [5.74, 6) is -0.491. The van der Waals surface area contributed by atoms with E-state index in [2.05, 4.69) is 20.4 Å². The van der Waals surface area contributed by atoms with Crippen LogP contribution in [0.25, 0.3) is 5.65 Å². The topological polar surface area (TPSA) is 84.7 Å². The summed E-state index contributed by atoms with van der Waals surface area (Å²) < 4.78 is 32.4. The van der Waals surface area contributed by atoms with Crippen molar-refractivity contribution in [3.8, 4) is 5.75 Å². The first kappa shape index (κ1) is 21.6. The van der Waals surface area contributed by atoms with Gasteiger partial charge in [-0.25, -0.2) is 4.98 Å². The lowest BCUT2D eigenvalue weighted by Crippen LogP contribution is -2.29. The molecule has 0 atom stereocenters. The second-order valence-corrected chi connectivity index (χ2v) is 8.20. The van der Waals surface area contributed by atoms with Gasteiger partial charge in [0.15, 0.2) is 22.9 Å². The maximum atomic E-state index is 13.3. The van der Waals surface area contributed by atoms with Crippen LogP contribution in [0.4, 0.5) is 20.3 Å². The van der Waals surface area contributed by atoms with E-state index in [4.69, 9.17) is 0 Å². The zero-order chi connectivity index (χ0) is 21.3. The number of hydrogen-bond donors (Lipinski definition) is 2. The molecule has 2 rings (SSSR count). The summed E-state index contributed by atoms with van der Waals surface area (Å²) in [6.07, 6.45) is -1.86. The molecular weight excluding hydrogens is 370 g/mol. The summed E-state index contributed by atoms with van der Waals surface area (Å²) in [5.41, 5.74) is -0.990. The summed E-state index contributed by atoms with van der Waals surface area (Å²) >= 11 is 0. The van der Waals surface area contributed by atoms with Gasteiger partial charge in [-0.05, 0) is 31.4 Å². The van der Waals surface area contributed by atoms with Crippen molar-refractivity contribution in [1.82, 2.24) is 9.38 Å². The molecule has 0 aliphatic heterocycles. The van der Waals surface area contributed by atoms with Crippen LogP contribution in [-0.2, 0) is 4.79 Å². The zero-order valence-corrected chi connectivity index (χ0v) is 16.9. The van der Waals surface area contributed by atoms with Crippen molar-refractivity contribution in [2.24, 2.45) is 5.41 Å². The van der Waals surface area contributed by atoms with Crippen LogP contribution in [-0.4, -0.2) is 27.4 Å². The van der Waals surface area contributed by atoms with Crippen LogP contribution in [0.1, 0.15) is 48.0 Å². The lowest BCUT2D eigenvalue weighted by Gasteiger charge is -2.20. The first-order chi connectivity index (χ1) is 12.8. The molecule has 0 aromatic carbocycles. The molecule has 1 amide bonds. The van der Waals surface area contributed by atoms with Gasteiger partial charge in [0.05, 0.1) is 0 Å². The number of pyridine rings is 1. The largest absolute Gasteiger partial charge is 0.429 e. The third kappa shape index (κ3) is 5.64. The van der Waals surface area contributed by atoms with Crippen LogP contribution in [0.2, 0.25) is 0 Å². The molecule has 0 saturated heterocycles. The van der Waals surface area contributed by atoms with Gasteiger partial charge in [0, 0.05) is 25.6 Å². The zero-order valence-electron chi connectivity index (χ0n) is 16.9. The van der Waals surface area contributed by atoms with Crippen LogP contribution < -0.4 is 20.9 Å². The fourth-order valence-electron chi connectivity index (χ4n) is 2.57. The summed E-state index contributed by atoms with van der Waals surface area (Å²) in [4.78, 5) is 29.6. The molecular formula is C19H26F2N4O3. The number of nitrogens with one attached hydrogen (secondary N) is 2. The minimum absolute atomic E-state index is 0.0409. The van der Waals surface area contributed by atoms with Crippen molar-refractivity contribution in [1.29, 1.82) is 0 Å². The van der Waals surface area contributed by atoms with Gasteiger partial charge in [0.1, 0.15) is 0 Å². The molecule has 2 aromatic heterocycles. The van der Waals surface area contributed by atoms with Crippen molar-refractivity contribution in [2.75, 3.05) is 10.6 Å². The Morgan fingerprint density at radius 2 is 1.93 bits per heavy atom.